The van der Waals surface area contributed by atoms with E-state index in [2.05, 4.69) is 29.4 Å². The summed E-state index contributed by atoms with van der Waals surface area (Å²) in [5.74, 6) is 1.11. The van der Waals surface area contributed by atoms with Gasteiger partial charge in [0.2, 0.25) is 0 Å². The number of carbonyl (C=O) groups excluding carboxylic acids is 1. The molecule has 116 valence electrons. The zero-order valence-corrected chi connectivity index (χ0v) is 12.9. The highest BCUT2D eigenvalue weighted by atomic mass is 16.5. The fourth-order valence-electron chi connectivity index (χ4n) is 2.19. The molecular formula is C16H25N3O2. The summed E-state index contributed by atoms with van der Waals surface area (Å²) >= 11 is 0. The molecule has 0 aliphatic carbocycles. The minimum Gasteiger partial charge on any atom is -0.484 e. The summed E-state index contributed by atoms with van der Waals surface area (Å²) in [6, 6.07) is 7.94. The summed E-state index contributed by atoms with van der Waals surface area (Å²) in [5, 5.41) is 6.17. The van der Waals surface area contributed by atoms with E-state index in [1.165, 1.54) is 5.69 Å². The van der Waals surface area contributed by atoms with E-state index >= 15 is 0 Å². The molecule has 1 aromatic rings. The Kier molecular flexibility index (Phi) is 5.87. The molecule has 21 heavy (non-hydrogen) atoms. The van der Waals surface area contributed by atoms with E-state index in [0.717, 1.165) is 31.9 Å². The molecule has 1 fully saturated rings. The summed E-state index contributed by atoms with van der Waals surface area (Å²) in [7, 11) is 0. The Morgan fingerprint density at radius 3 is 2.57 bits per heavy atom. The molecule has 0 saturated carbocycles. The van der Waals surface area contributed by atoms with Crippen LogP contribution < -0.4 is 20.3 Å². The van der Waals surface area contributed by atoms with Crippen LogP contribution in [0.5, 0.6) is 5.75 Å². The Morgan fingerprint density at radius 1 is 1.29 bits per heavy atom. The Bertz CT molecular complexity index is 439. The van der Waals surface area contributed by atoms with E-state index in [1.807, 2.05) is 24.3 Å². The summed E-state index contributed by atoms with van der Waals surface area (Å²) in [6.07, 6.45) is 0. The van der Waals surface area contributed by atoms with Gasteiger partial charge in [0.05, 0.1) is 0 Å². The molecule has 1 aliphatic rings. The first-order valence-corrected chi connectivity index (χ1v) is 7.60. The molecule has 0 unspecified atom stereocenters. The first kappa shape index (κ1) is 15.6. The van der Waals surface area contributed by atoms with Crippen molar-refractivity contribution < 1.29 is 9.53 Å². The molecule has 0 atom stereocenters. The van der Waals surface area contributed by atoms with Gasteiger partial charge in [0.1, 0.15) is 5.75 Å². The first-order valence-electron chi connectivity index (χ1n) is 7.60. The van der Waals surface area contributed by atoms with Crippen molar-refractivity contribution in [3.8, 4) is 5.75 Å². The largest absolute Gasteiger partial charge is 0.484 e. The number of anilines is 1. The van der Waals surface area contributed by atoms with Crippen molar-refractivity contribution in [2.75, 3.05) is 44.2 Å². The van der Waals surface area contributed by atoms with Gasteiger partial charge in [-0.2, -0.15) is 0 Å². The number of hydrogen-bond donors (Lipinski definition) is 2. The molecule has 5 heteroatoms. The molecule has 1 saturated heterocycles. The second kappa shape index (κ2) is 7.88. The summed E-state index contributed by atoms with van der Waals surface area (Å²) in [6.45, 7) is 8.98. The molecule has 1 aromatic carbocycles. The predicted octanol–water partition coefficient (Wildman–Crippen LogP) is 1.25. The van der Waals surface area contributed by atoms with Crippen LogP contribution >= 0.6 is 0 Å². The fourth-order valence-corrected chi connectivity index (χ4v) is 2.19. The lowest BCUT2D eigenvalue weighted by molar-refractivity contribution is -0.123. The zero-order valence-electron chi connectivity index (χ0n) is 12.9. The number of carbonyl (C=O) groups is 1. The third kappa shape index (κ3) is 5.27. The van der Waals surface area contributed by atoms with Crippen LogP contribution in [0.25, 0.3) is 0 Å². The van der Waals surface area contributed by atoms with Crippen LogP contribution in [0.2, 0.25) is 0 Å². The van der Waals surface area contributed by atoms with Gasteiger partial charge >= 0.3 is 0 Å². The van der Waals surface area contributed by atoms with Gasteiger partial charge in [0, 0.05) is 38.4 Å². The van der Waals surface area contributed by atoms with Crippen molar-refractivity contribution in [2.24, 2.45) is 5.92 Å². The lowest BCUT2D eigenvalue weighted by Crippen LogP contribution is -2.43. The Balaban J connectivity index is 1.78. The van der Waals surface area contributed by atoms with E-state index in [0.29, 0.717) is 12.5 Å². The van der Waals surface area contributed by atoms with E-state index in [4.69, 9.17) is 4.74 Å². The minimum absolute atomic E-state index is 0.0691. The van der Waals surface area contributed by atoms with Crippen LogP contribution in [0, 0.1) is 5.92 Å². The summed E-state index contributed by atoms with van der Waals surface area (Å²) in [4.78, 5) is 13.9. The maximum absolute atomic E-state index is 11.6. The SMILES string of the molecule is CC(C)CNC(=O)COc1ccc(N2CCNCC2)cc1. The number of amides is 1. The highest BCUT2D eigenvalue weighted by Crippen LogP contribution is 2.19. The van der Waals surface area contributed by atoms with Gasteiger partial charge in [-0.3, -0.25) is 4.79 Å². The van der Waals surface area contributed by atoms with Crippen LogP contribution in [-0.2, 0) is 4.79 Å². The molecule has 1 amide bonds. The van der Waals surface area contributed by atoms with Gasteiger partial charge in [-0.1, -0.05) is 13.8 Å². The minimum atomic E-state index is -0.0742. The van der Waals surface area contributed by atoms with Crippen molar-refractivity contribution in [1.82, 2.24) is 10.6 Å². The van der Waals surface area contributed by atoms with Crippen LogP contribution in [0.4, 0.5) is 5.69 Å². The third-order valence-corrected chi connectivity index (χ3v) is 3.40. The summed E-state index contributed by atoms with van der Waals surface area (Å²) in [5.41, 5.74) is 1.20. The number of ether oxygens (including phenoxy) is 1. The van der Waals surface area contributed by atoms with Gasteiger partial charge in [-0.15, -0.1) is 0 Å². The molecule has 0 radical (unpaired) electrons. The second-order valence-electron chi connectivity index (χ2n) is 5.72. The maximum atomic E-state index is 11.6. The van der Waals surface area contributed by atoms with Crippen LogP contribution in [0.3, 0.4) is 0 Å². The molecule has 0 bridgehead atoms. The average molecular weight is 291 g/mol. The molecular weight excluding hydrogens is 266 g/mol. The Hall–Kier alpha value is -1.75. The van der Waals surface area contributed by atoms with Gasteiger partial charge in [0.25, 0.3) is 5.91 Å². The zero-order chi connectivity index (χ0) is 15.1. The van der Waals surface area contributed by atoms with Crippen LogP contribution in [0.1, 0.15) is 13.8 Å². The van der Waals surface area contributed by atoms with E-state index in [1.54, 1.807) is 0 Å². The predicted molar refractivity (Wildman–Crippen MR) is 84.9 cm³/mol. The number of rotatable bonds is 6. The molecule has 1 aliphatic heterocycles. The maximum Gasteiger partial charge on any atom is 0.257 e. The van der Waals surface area contributed by atoms with Crippen molar-refractivity contribution in [3.05, 3.63) is 24.3 Å². The first-order chi connectivity index (χ1) is 10.1. The fraction of sp³-hybridized carbons (Fsp3) is 0.562. The lowest BCUT2D eigenvalue weighted by Gasteiger charge is -2.29. The number of nitrogens with one attached hydrogen (secondary N) is 2. The average Bonchev–Trinajstić information content (AvgIpc) is 2.52. The van der Waals surface area contributed by atoms with E-state index in [9.17, 15) is 4.79 Å². The normalized spacial score (nSPS) is 15.1. The molecule has 2 rings (SSSR count). The Labute approximate surface area is 126 Å². The van der Waals surface area contributed by atoms with Gasteiger partial charge in [-0.25, -0.2) is 0 Å². The van der Waals surface area contributed by atoms with E-state index in [-0.39, 0.29) is 12.5 Å². The van der Waals surface area contributed by atoms with Gasteiger partial charge in [-0.05, 0) is 30.2 Å². The number of nitrogens with zero attached hydrogens (tertiary/aromatic N) is 1. The Morgan fingerprint density at radius 2 is 1.95 bits per heavy atom. The van der Waals surface area contributed by atoms with Gasteiger partial charge < -0.3 is 20.3 Å². The van der Waals surface area contributed by atoms with Crippen molar-refractivity contribution in [3.63, 3.8) is 0 Å². The molecule has 2 N–H and O–H groups in total. The molecule has 5 nitrogen and oxygen atoms in total. The smallest absolute Gasteiger partial charge is 0.257 e. The number of benzene rings is 1. The topological polar surface area (TPSA) is 53.6 Å². The number of hydrogen-bond acceptors (Lipinski definition) is 4. The van der Waals surface area contributed by atoms with Gasteiger partial charge in [0.15, 0.2) is 6.61 Å². The monoisotopic (exact) mass is 291 g/mol. The molecule has 0 aromatic heterocycles. The second-order valence-corrected chi connectivity index (χ2v) is 5.72. The van der Waals surface area contributed by atoms with E-state index < -0.39 is 0 Å². The standard InChI is InChI=1S/C16H25N3O2/c1-13(2)11-18-16(20)12-21-15-5-3-14(4-6-15)19-9-7-17-8-10-19/h3-6,13,17H,7-12H2,1-2H3,(H,18,20). The molecule has 1 heterocycles. The van der Waals surface area contributed by atoms with Crippen LogP contribution in [0.15, 0.2) is 24.3 Å². The number of piperazine rings is 1. The highest BCUT2D eigenvalue weighted by molar-refractivity contribution is 5.77. The highest BCUT2D eigenvalue weighted by Gasteiger charge is 2.10. The van der Waals surface area contributed by atoms with Crippen LogP contribution in [-0.4, -0.2) is 45.2 Å². The lowest BCUT2D eigenvalue weighted by atomic mass is 10.2. The quantitative estimate of drug-likeness (QED) is 0.828. The van der Waals surface area contributed by atoms with Crippen molar-refractivity contribution >= 4 is 11.6 Å². The summed E-state index contributed by atoms with van der Waals surface area (Å²) < 4.78 is 5.50. The van der Waals surface area contributed by atoms with Crippen molar-refractivity contribution in [2.45, 2.75) is 13.8 Å². The molecule has 0 spiro atoms. The van der Waals surface area contributed by atoms with Crippen molar-refractivity contribution in [1.29, 1.82) is 0 Å². The third-order valence-electron chi connectivity index (χ3n) is 3.40.